The van der Waals surface area contributed by atoms with Gasteiger partial charge in [0, 0.05) is 12.6 Å². The van der Waals surface area contributed by atoms with E-state index in [9.17, 15) is 4.79 Å². The molecule has 0 aliphatic heterocycles. The van der Waals surface area contributed by atoms with Gasteiger partial charge < -0.3 is 10.1 Å². The molecule has 0 bridgehead atoms. The summed E-state index contributed by atoms with van der Waals surface area (Å²) in [5, 5.41) is 6.50. The lowest BCUT2D eigenvalue weighted by atomic mass is 9.94. The first-order valence-electron chi connectivity index (χ1n) is 9.70. The lowest BCUT2D eigenvalue weighted by molar-refractivity contribution is -0.123. The molecule has 1 amide bonds. The van der Waals surface area contributed by atoms with E-state index in [2.05, 4.69) is 55.7 Å². The third-order valence-corrected chi connectivity index (χ3v) is 4.86. The first-order chi connectivity index (χ1) is 12.9. The molecule has 2 rings (SSSR count). The smallest absolute Gasteiger partial charge is 0.237 e. The summed E-state index contributed by atoms with van der Waals surface area (Å²) in [5.74, 6) is 1.20. The van der Waals surface area contributed by atoms with Gasteiger partial charge in [0.05, 0.1) is 13.2 Å². The van der Waals surface area contributed by atoms with E-state index in [4.69, 9.17) is 4.74 Å². The van der Waals surface area contributed by atoms with Crippen LogP contribution in [0.5, 0.6) is 5.75 Å². The van der Waals surface area contributed by atoms with Crippen molar-refractivity contribution in [2.45, 2.75) is 52.7 Å². The van der Waals surface area contributed by atoms with Crippen LogP contribution < -0.4 is 15.4 Å². The average molecular weight is 369 g/mol. The zero-order valence-corrected chi connectivity index (χ0v) is 17.1. The van der Waals surface area contributed by atoms with E-state index in [-0.39, 0.29) is 18.0 Å². The van der Waals surface area contributed by atoms with Gasteiger partial charge in [-0.15, -0.1) is 0 Å². The number of hydrogen-bond acceptors (Lipinski definition) is 3. The topological polar surface area (TPSA) is 50.4 Å². The number of ether oxygens (including phenoxy) is 1. The molecule has 0 unspecified atom stereocenters. The largest absolute Gasteiger partial charge is 0.497 e. The van der Waals surface area contributed by atoms with Gasteiger partial charge in [0.15, 0.2) is 0 Å². The minimum atomic E-state index is -0.276. The third kappa shape index (κ3) is 6.10. The summed E-state index contributed by atoms with van der Waals surface area (Å²) in [5.41, 5.74) is 3.59. The van der Waals surface area contributed by atoms with Gasteiger partial charge in [-0.25, -0.2) is 0 Å². The van der Waals surface area contributed by atoms with Crippen molar-refractivity contribution >= 4 is 5.91 Å². The van der Waals surface area contributed by atoms with E-state index in [1.807, 2.05) is 31.2 Å². The van der Waals surface area contributed by atoms with Crippen molar-refractivity contribution in [3.05, 3.63) is 65.2 Å². The zero-order chi connectivity index (χ0) is 19.8. The molecule has 4 nitrogen and oxygen atoms in total. The Hall–Kier alpha value is -2.33. The Kier molecular flexibility index (Phi) is 7.86. The van der Waals surface area contributed by atoms with Crippen LogP contribution >= 0.6 is 0 Å². The highest BCUT2D eigenvalue weighted by Gasteiger charge is 2.21. The van der Waals surface area contributed by atoms with Crippen molar-refractivity contribution in [1.82, 2.24) is 10.6 Å². The van der Waals surface area contributed by atoms with E-state index < -0.39 is 0 Å². The molecule has 2 N–H and O–H groups in total. The third-order valence-electron chi connectivity index (χ3n) is 4.86. The van der Waals surface area contributed by atoms with Crippen LogP contribution in [0.1, 0.15) is 50.4 Å². The van der Waals surface area contributed by atoms with Crippen LogP contribution in [0.15, 0.2) is 48.5 Å². The number of nitrogens with one attached hydrogen (secondary N) is 2. The van der Waals surface area contributed by atoms with Crippen LogP contribution in [0.25, 0.3) is 0 Å². The molecule has 0 saturated carbocycles. The Morgan fingerprint density at radius 2 is 1.56 bits per heavy atom. The molecule has 0 spiro atoms. The van der Waals surface area contributed by atoms with Crippen LogP contribution in [0.2, 0.25) is 0 Å². The molecule has 0 saturated heterocycles. The Bertz CT molecular complexity index is 708. The molecular weight excluding hydrogens is 336 g/mol. The van der Waals surface area contributed by atoms with Gasteiger partial charge in [0.1, 0.15) is 5.75 Å². The fourth-order valence-electron chi connectivity index (χ4n) is 3.06. The van der Waals surface area contributed by atoms with Gasteiger partial charge in [-0.2, -0.15) is 0 Å². The Morgan fingerprint density at radius 1 is 0.963 bits per heavy atom. The number of methoxy groups -OCH3 is 1. The minimum absolute atomic E-state index is 0.00152. The Morgan fingerprint density at radius 3 is 2.07 bits per heavy atom. The molecule has 0 aliphatic rings. The fourth-order valence-corrected chi connectivity index (χ4v) is 3.06. The summed E-state index contributed by atoms with van der Waals surface area (Å²) in [6, 6.07) is 16.3. The molecule has 27 heavy (non-hydrogen) atoms. The van der Waals surface area contributed by atoms with E-state index >= 15 is 0 Å². The summed E-state index contributed by atoms with van der Waals surface area (Å²) in [4.78, 5) is 12.5. The maximum atomic E-state index is 12.5. The fraction of sp³-hybridized carbons (Fsp3) is 0.435. The predicted molar refractivity (Wildman–Crippen MR) is 111 cm³/mol. The molecule has 0 radical (unpaired) electrons. The van der Waals surface area contributed by atoms with Crippen LogP contribution in [0.3, 0.4) is 0 Å². The van der Waals surface area contributed by atoms with Crippen molar-refractivity contribution in [3.8, 4) is 5.75 Å². The van der Waals surface area contributed by atoms with Crippen molar-refractivity contribution in [1.29, 1.82) is 0 Å². The van der Waals surface area contributed by atoms with Crippen molar-refractivity contribution in [2.24, 2.45) is 5.92 Å². The van der Waals surface area contributed by atoms with Gasteiger partial charge in [-0.05, 0) is 48.1 Å². The normalized spacial score (nSPS) is 13.3. The Balaban J connectivity index is 1.94. The van der Waals surface area contributed by atoms with Crippen molar-refractivity contribution < 1.29 is 9.53 Å². The first-order valence-corrected chi connectivity index (χ1v) is 9.70. The standard InChI is InChI=1S/C23H32N2O2/c1-6-18-7-11-20(12-8-18)22(16(2)3)25-17(4)23(26)24-15-19-9-13-21(27-5)14-10-19/h7-14,16-17,22,25H,6,15H2,1-5H3,(H,24,26)/t17-,22-/m1/s1. The monoisotopic (exact) mass is 368 g/mol. The van der Waals surface area contributed by atoms with Gasteiger partial charge in [0.25, 0.3) is 0 Å². The molecule has 0 heterocycles. The lowest BCUT2D eigenvalue weighted by Crippen LogP contribution is -2.44. The highest BCUT2D eigenvalue weighted by Crippen LogP contribution is 2.23. The molecule has 0 aliphatic carbocycles. The maximum absolute atomic E-state index is 12.5. The molecule has 2 aromatic carbocycles. The summed E-state index contributed by atoms with van der Waals surface area (Å²) >= 11 is 0. The molecule has 0 fully saturated rings. The summed E-state index contributed by atoms with van der Waals surface area (Å²) in [7, 11) is 1.64. The number of carbonyl (C=O) groups is 1. The molecule has 4 heteroatoms. The molecule has 146 valence electrons. The van der Waals surface area contributed by atoms with E-state index in [0.717, 1.165) is 17.7 Å². The minimum Gasteiger partial charge on any atom is -0.497 e. The SMILES string of the molecule is CCc1ccc([C@H](N[C@H](C)C(=O)NCc2ccc(OC)cc2)C(C)C)cc1. The predicted octanol–water partition coefficient (Wildman–Crippen LogP) is 4.25. The summed E-state index contributed by atoms with van der Waals surface area (Å²) in [6.07, 6.45) is 1.03. The molecular formula is C23H32N2O2. The van der Waals surface area contributed by atoms with Gasteiger partial charge >= 0.3 is 0 Å². The van der Waals surface area contributed by atoms with Crippen LogP contribution in [-0.2, 0) is 17.8 Å². The number of rotatable bonds is 9. The van der Waals surface area contributed by atoms with Gasteiger partial charge in [-0.3, -0.25) is 10.1 Å². The number of benzene rings is 2. The summed E-state index contributed by atoms with van der Waals surface area (Å²) < 4.78 is 5.16. The molecule has 2 atom stereocenters. The van der Waals surface area contributed by atoms with Crippen LogP contribution in [0, 0.1) is 5.92 Å². The second kappa shape index (κ2) is 10.1. The average Bonchev–Trinajstić information content (AvgIpc) is 2.70. The highest BCUT2D eigenvalue weighted by atomic mass is 16.5. The van der Waals surface area contributed by atoms with Gasteiger partial charge in [-0.1, -0.05) is 57.2 Å². The van der Waals surface area contributed by atoms with E-state index in [1.165, 1.54) is 11.1 Å². The summed E-state index contributed by atoms with van der Waals surface area (Å²) in [6.45, 7) is 8.93. The lowest BCUT2D eigenvalue weighted by Gasteiger charge is -2.26. The quantitative estimate of drug-likeness (QED) is 0.696. The van der Waals surface area contributed by atoms with Crippen molar-refractivity contribution in [3.63, 3.8) is 0 Å². The Labute approximate surface area is 163 Å². The first kappa shape index (κ1) is 21.0. The van der Waals surface area contributed by atoms with Crippen LogP contribution in [0.4, 0.5) is 0 Å². The second-order valence-electron chi connectivity index (χ2n) is 7.27. The maximum Gasteiger partial charge on any atom is 0.237 e. The van der Waals surface area contributed by atoms with Crippen molar-refractivity contribution in [2.75, 3.05) is 7.11 Å². The van der Waals surface area contributed by atoms with Gasteiger partial charge in [0.2, 0.25) is 5.91 Å². The molecule has 0 aromatic heterocycles. The number of hydrogen-bond donors (Lipinski definition) is 2. The number of amides is 1. The molecule has 2 aromatic rings. The zero-order valence-electron chi connectivity index (χ0n) is 17.1. The number of carbonyl (C=O) groups excluding carboxylic acids is 1. The number of aryl methyl sites for hydroxylation is 1. The second-order valence-corrected chi connectivity index (χ2v) is 7.27. The highest BCUT2D eigenvalue weighted by molar-refractivity contribution is 5.81. The van der Waals surface area contributed by atoms with E-state index in [0.29, 0.717) is 12.5 Å². The van der Waals surface area contributed by atoms with Crippen LogP contribution in [-0.4, -0.2) is 19.1 Å². The van der Waals surface area contributed by atoms with E-state index in [1.54, 1.807) is 7.11 Å².